The summed E-state index contributed by atoms with van der Waals surface area (Å²) >= 11 is 0. The van der Waals surface area contributed by atoms with Crippen LogP contribution in [0.25, 0.3) is 11.0 Å². The Bertz CT molecular complexity index is 746. The molecule has 1 aliphatic heterocycles. The average Bonchev–Trinajstić information content (AvgIpc) is 2.58. The summed E-state index contributed by atoms with van der Waals surface area (Å²) in [7, 11) is 0. The molecule has 1 aromatic carbocycles. The van der Waals surface area contributed by atoms with Crippen LogP contribution in [0.5, 0.6) is 0 Å². The van der Waals surface area contributed by atoms with Crippen molar-refractivity contribution in [2.75, 3.05) is 13.1 Å². The maximum atomic E-state index is 12.9. The predicted molar refractivity (Wildman–Crippen MR) is 97.1 cm³/mol. The number of hydrogen-bond donors (Lipinski definition) is 0. The number of rotatable bonds is 3. The maximum Gasteiger partial charge on any atom is 0.253 e. The summed E-state index contributed by atoms with van der Waals surface area (Å²) in [6.07, 6.45) is 2.95. The molecule has 1 amide bonds. The number of aromatic nitrogens is 2. The molecular weight excluding hydrogens is 298 g/mol. The highest BCUT2D eigenvalue weighted by molar-refractivity contribution is 5.97. The minimum atomic E-state index is 0.120. The molecule has 4 nitrogen and oxygen atoms in total. The number of piperidine rings is 1. The summed E-state index contributed by atoms with van der Waals surface area (Å²) in [5, 5.41) is 0. The molecule has 1 aliphatic rings. The van der Waals surface area contributed by atoms with E-state index < -0.39 is 0 Å². The second-order valence-electron chi connectivity index (χ2n) is 7.18. The Morgan fingerprint density at radius 3 is 2.21 bits per heavy atom. The van der Waals surface area contributed by atoms with E-state index >= 15 is 0 Å². The van der Waals surface area contributed by atoms with Crippen molar-refractivity contribution in [2.45, 2.75) is 47.0 Å². The van der Waals surface area contributed by atoms with Gasteiger partial charge in [0, 0.05) is 18.7 Å². The van der Waals surface area contributed by atoms with Crippen LogP contribution >= 0.6 is 0 Å². The van der Waals surface area contributed by atoms with Crippen molar-refractivity contribution in [3.05, 3.63) is 35.2 Å². The first-order valence-electron chi connectivity index (χ1n) is 9.10. The summed E-state index contributed by atoms with van der Waals surface area (Å²) in [5.74, 6) is 1.25. The molecule has 1 fully saturated rings. The number of nitrogens with zero attached hydrogens (tertiary/aromatic N) is 3. The molecule has 1 saturated heterocycles. The molecular formula is C20H27N3O. The summed E-state index contributed by atoms with van der Waals surface area (Å²) < 4.78 is 0. The van der Waals surface area contributed by atoms with E-state index in [0.29, 0.717) is 11.8 Å². The van der Waals surface area contributed by atoms with E-state index in [0.717, 1.165) is 53.9 Å². The molecule has 3 rings (SSSR count). The molecule has 0 spiro atoms. The Kier molecular flexibility index (Phi) is 4.83. The number of likely N-dealkylation sites (tertiary alicyclic amines) is 1. The Labute approximate surface area is 144 Å². The van der Waals surface area contributed by atoms with Gasteiger partial charge in [0.25, 0.3) is 5.91 Å². The van der Waals surface area contributed by atoms with Crippen LogP contribution in [-0.2, 0) is 12.8 Å². The van der Waals surface area contributed by atoms with Gasteiger partial charge >= 0.3 is 0 Å². The number of carbonyl (C=O) groups is 1. The molecule has 24 heavy (non-hydrogen) atoms. The molecule has 0 saturated carbocycles. The van der Waals surface area contributed by atoms with Crippen molar-refractivity contribution < 1.29 is 4.79 Å². The second kappa shape index (κ2) is 6.88. The summed E-state index contributed by atoms with van der Waals surface area (Å²) in [4.78, 5) is 24.3. The maximum absolute atomic E-state index is 12.9. The second-order valence-corrected chi connectivity index (χ2v) is 7.18. The van der Waals surface area contributed by atoms with Crippen LogP contribution in [0.1, 0.15) is 55.9 Å². The van der Waals surface area contributed by atoms with Crippen LogP contribution in [0, 0.1) is 11.8 Å². The fraction of sp³-hybridized carbons (Fsp3) is 0.550. The largest absolute Gasteiger partial charge is 0.338 e. The van der Waals surface area contributed by atoms with E-state index in [1.807, 2.05) is 23.1 Å². The van der Waals surface area contributed by atoms with Crippen molar-refractivity contribution in [1.82, 2.24) is 14.9 Å². The molecule has 2 unspecified atom stereocenters. The normalized spacial score (nSPS) is 21.2. The first-order chi connectivity index (χ1) is 11.5. The van der Waals surface area contributed by atoms with E-state index in [4.69, 9.17) is 9.97 Å². The van der Waals surface area contributed by atoms with Crippen LogP contribution in [0.3, 0.4) is 0 Å². The van der Waals surface area contributed by atoms with Gasteiger partial charge in [0.05, 0.1) is 22.4 Å². The Morgan fingerprint density at radius 1 is 1.04 bits per heavy atom. The minimum absolute atomic E-state index is 0.120. The Hall–Kier alpha value is -1.97. The summed E-state index contributed by atoms with van der Waals surface area (Å²) in [6.45, 7) is 10.3. The summed E-state index contributed by atoms with van der Waals surface area (Å²) in [5.41, 5.74) is 4.52. The number of carbonyl (C=O) groups excluding carboxylic acids is 1. The van der Waals surface area contributed by atoms with Gasteiger partial charge in [-0.25, -0.2) is 9.97 Å². The quantitative estimate of drug-likeness (QED) is 0.860. The van der Waals surface area contributed by atoms with E-state index in [9.17, 15) is 4.79 Å². The van der Waals surface area contributed by atoms with Gasteiger partial charge in [-0.3, -0.25) is 4.79 Å². The predicted octanol–water partition coefficient (Wildman–Crippen LogP) is 3.87. The van der Waals surface area contributed by atoms with E-state index in [-0.39, 0.29) is 5.91 Å². The lowest BCUT2D eigenvalue weighted by Gasteiger charge is -2.35. The first kappa shape index (κ1) is 16.9. The van der Waals surface area contributed by atoms with Crippen LogP contribution in [0.15, 0.2) is 18.2 Å². The van der Waals surface area contributed by atoms with Gasteiger partial charge in [0.1, 0.15) is 0 Å². The van der Waals surface area contributed by atoms with Gasteiger partial charge in [0.15, 0.2) is 0 Å². The number of benzene rings is 1. The standard InChI is InChI=1S/C20H27N3O/c1-5-16-17(6-2)22-19-10-15(7-8-18(19)21-16)20(24)23-11-13(3)9-14(4)12-23/h7-8,10,13-14H,5-6,9,11-12H2,1-4H3. The third kappa shape index (κ3) is 3.28. The highest BCUT2D eigenvalue weighted by Gasteiger charge is 2.26. The van der Waals surface area contributed by atoms with Gasteiger partial charge in [-0.1, -0.05) is 27.7 Å². The topological polar surface area (TPSA) is 46.1 Å². The lowest BCUT2D eigenvalue weighted by molar-refractivity contribution is 0.0623. The van der Waals surface area contributed by atoms with Crippen LogP contribution in [0.4, 0.5) is 0 Å². The lowest BCUT2D eigenvalue weighted by Crippen LogP contribution is -2.42. The molecule has 2 heterocycles. The van der Waals surface area contributed by atoms with Crippen LogP contribution in [-0.4, -0.2) is 33.9 Å². The van der Waals surface area contributed by atoms with Crippen molar-refractivity contribution in [3.63, 3.8) is 0 Å². The van der Waals surface area contributed by atoms with Gasteiger partial charge in [-0.05, 0) is 49.3 Å². The van der Waals surface area contributed by atoms with Crippen molar-refractivity contribution in [3.8, 4) is 0 Å². The van der Waals surface area contributed by atoms with Gasteiger partial charge in [-0.15, -0.1) is 0 Å². The Morgan fingerprint density at radius 2 is 1.62 bits per heavy atom. The fourth-order valence-electron chi connectivity index (χ4n) is 3.84. The van der Waals surface area contributed by atoms with Crippen molar-refractivity contribution >= 4 is 16.9 Å². The van der Waals surface area contributed by atoms with Gasteiger partial charge < -0.3 is 4.90 Å². The number of hydrogen-bond acceptors (Lipinski definition) is 3. The summed E-state index contributed by atoms with van der Waals surface area (Å²) in [6, 6.07) is 5.74. The molecule has 128 valence electrons. The number of fused-ring (bicyclic) bond motifs is 1. The number of amides is 1. The smallest absolute Gasteiger partial charge is 0.253 e. The molecule has 2 atom stereocenters. The molecule has 0 radical (unpaired) electrons. The molecule has 0 N–H and O–H groups in total. The molecule has 4 heteroatoms. The van der Waals surface area contributed by atoms with Crippen LogP contribution < -0.4 is 0 Å². The zero-order chi connectivity index (χ0) is 17.3. The Balaban J connectivity index is 1.93. The SMILES string of the molecule is CCc1nc2ccc(C(=O)N3CC(C)CC(C)C3)cc2nc1CC. The van der Waals surface area contributed by atoms with E-state index in [1.54, 1.807) is 0 Å². The third-order valence-corrected chi connectivity index (χ3v) is 4.89. The molecule has 0 aliphatic carbocycles. The minimum Gasteiger partial charge on any atom is -0.338 e. The molecule has 0 bridgehead atoms. The highest BCUT2D eigenvalue weighted by atomic mass is 16.2. The fourth-order valence-corrected chi connectivity index (χ4v) is 3.84. The third-order valence-electron chi connectivity index (χ3n) is 4.89. The van der Waals surface area contributed by atoms with Gasteiger partial charge in [0.2, 0.25) is 0 Å². The van der Waals surface area contributed by atoms with Crippen LogP contribution in [0.2, 0.25) is 0 Å². The highest BCUT2D eigenvalue weighted by Crippen LogP contribution is 2.23. The monoisotopic (exact) mass is 325 g/mol. The lowest BCUT2D eigenvalue weighted by atomic mass is 9.91. The molecule has 2 aromatic rings. The zero-order valence-electron chi connectivity index (χ0n) is 15.2. The zero-order valence-corrected chi connectivity index (χ0v) is 15.2. The van der Waals surface area contributed by atoms with E-state index in [1.165, 1.54) is 6.42 Å². The molecule has 1 aromatic heterocycles. The van der Waals surface area contributed by atoms with E-state index in [2.05, 4.69) is 27.7 Å². The first-order valence-corrected chi connectivity index (χ1v) is 9.10. The average molecular weight is 325 g/mol. The van der Waals surface area contributed by atoms with Crippen molar-refractivity contribution in [2.24, 2.45) is 11.8 Å². The van der Waals surface area contributed by atoms with Crippen molar-refractivity contribution in [1.29, 1.82) is 0 Å². The van der Waals surface area contributed by atoms with Gasteiger partial charge in [-0.2, -0.15) is 0 Å². The number of aryl methyl sites for hydroxylation is 2.